The second-order valence-electron chi connectivity index (χ2n) is 8.52. The predicted octanol–water partition coefficient (Wildman–Crippen LogP) is 4.52. The molecule has 2 saturated heterocycles. The number of halogens is 2. The molecule has 3 heterocycles. The maximum atomic E-state index is 13.5. The highest BCUT2D eigenvalue weighted by molar-refractivity contribution is 6.31. The van der Waals surface area contributed by atoms with Gasteiger partial charge in [-0.3, -0.25) is 0 Å². The molecule has 0 bridgehead atoms. The molecule has 0 amide bonds. The number of hydrogen-bond acceptors (Lipinski definition) is 7. The van der Waals surface area contributed by atoms with Gasteiger partial charge in [-0.1, -0.05) is 11.6 Å². The van der Waals surface area contributed by atoms with Crippen LogP contribution in [0.4, 0.5) is 15.9 Å². The highest BCUT2D eigenvalue weighted by Crippen LogP contribution is 2.35. The van der Waals surface area contributed by atoms with E-state index in [1.54, 1.807) is 13.2 Å². The summed E-state index contributed by atoms with van der Waals surface area (Å²) < 4.78 is 30.7. The monoisotopic (exact) mass is 472 g/mol. The van der Waals surface area contributed by atoms with Gasteiger partial charge in [0, 0.05) is 48.6 Å². The lowest BCUT2D eigenvalue weighted by molar-refractivity contribution is 0.152. The van der Waals surface area contributed by atoms with E-state index in [1.165, 1.54) is 18.5 Å². The van der Waals surface area contributed by atoms with Gasteiger partial charge in [-0.05, 0) is 30.7 Å². The molecule has 1 aromatic heterocycles. The normalized spacial score (nSPS) is 20.2. The molecule has 2 aliphatic heterocycles. The Morgan fingerprint density at radius 3 is 2.73 bits per heavy atom. The van der Waals surface area contributed by atoms with Crippen molar-refractivity contribution < 1.29 is 18.6 Å². The van der Waals surface area contributed by atoms with Gasteiger partial charge in [0.05, 0.1) is 37.5 Å². The molecule has 9 heteroatoms. The second kappa shape index (κ2) is 9.67. The van der Waals surface area contributed by atoms with Crippen LogP contribution in [0.15, 0.2) is 36.7 Å². The second-order valence-corrected chi connectivity index (χ2v) is 8.92. The first-order chi connectivity index (χ1) is 16.1. The van der Waals surface area contributed by atoms with Crippen molar-refractivity contribution in [2.24, 2.45) is 11.8 Å². The molecule has 0 spiro atoms. The van der Waals surface area contributed by atoms with Crippen molar-refractivity contribution in [2.75, 3.05) is 51.9 Å². The van der Waals surface area contributed by atoms with E-state index in [0.29, 0.717) is 47.0 Å². The molecule has 33 heavy (non-hydrogen) atoms. The fourth-order valence-corrected chi connectivity index (χ4v) is 4.76. The summed E-state index contributed by atoms with van der Waals surface area (Å²) in [6.45, 7) is 5.61. The summed E-state index contributed by atoms with van der Waals surface area (Å²) in [6, 6.07) is 8.14. The minimum absolute atomic E-state index is 0.0400. The highest BCUT2D eigenvalue weighted by Gasteiger charge is 2.36. The molecule has 2 aromatic carbocycles. The number of likely N-dealkylation sites (tertiary alicyclic amines) is 1. The fraction of sp³-hybridized carbons (Fsp3) is 0.417. The molecule has 0 aliphatic carbocycles. The van der Waals surface area contributed by atoms with Gasteiger partial charge in [-0.2, -0.15) is 0 Å². The van der Waals surface area contributed by atoms with E-state index in [0.717, 1.165) is 44.7 Å². The molecule has 0 unspecified atom stereocenters. The van der Waals surface area contributed by atoms with Crippen molar-refractivity contribution >= 4 is 34.0 Å². The van der Waals surface area contributed by atoms with Gasteiger partial charge in [0.2, 0.25) is 0 Å². The maximum absolute atomic E-state index is 13.5. The molecule has 1 N–H and O–H groups in total. The average molecular weight is 473 g/mol. The third-order valence-electron chi connectivity index (χ3n) is 6.30. The van der Waals surface area contributed by atoms with Crippen LogP contribution in [0, 0.1) is 17.7 Å². The summed E-state index contributed by atoms with van der Waals surface area (Å²) in [5.41, 5.74) is 1.33. The quantitative estimate of drug-likeness (QED) is 0.483. The number of ether oxygens (including phenoxy) is 3. The molecular weight excluding hydrogens is 447 g/mol. The smallest absolute Gasteiger partial charge is 0.162 e. The third kappa shape index (κ3) is 4.83. The van der Waals surface area contributed by atoms with Gasteiger partial charge in [0.1, 0.15) is 18.0 Å². The van der Waals surface area contributed by atoms with Crippen LogP contribution in [-0.4, -0.2) is 61.4 Å². The topological polar surface area (TPSA) is 68.7 Å². The fourth-order valence-electron chi connectivity index (χ4n) is 4.58. The van der Waals surface area contributed by atoms with E-state index >= 15 is 0 Å². The molecule has 5 rings (SSSR count). The van der Waals surface area contributed by atoms with Crippen LogP contribution < -0.4 is 14.8 Å². The zero-order valence-corrected chi connectivity index (χ0v) is 19.1. The van der Waals surface area contributed by atoms with Crippen molar-refractivity contribution in [3.05, 3.63) is 47.5 Å². The SMILES string of the molecule is COc1cc2ncnc(Nc3ccc(F)c(Cl)c3)c2cc1OCCCN1C[C@H]2COC[C@H]2C1. The summed E-state index contributed by atoms with van der Waals surface area (Å²) in [7, 11) is 1.61. The Labute approximate surface area is 196 Å². The Morgan fingerprint density at radius 2 is 1.97 bits per heavy atom. The largest absolute Gasteiger partial charge is 0.493 e. The number of nitrogens with one attached hydrogen (secondary N) is 1. The Balaban J connectivity index is 1.28. The Hall–Kier alpha value is -2.68. The van der Waals surface area contributed by atoms with Crippen LogP contribution in [0.1, 0.15) is 6.42 Å². The lowest BCUT2D eigenvalue weighted by Crippen LogP contribution is -2.25. The van der Waals surface area contributed by atoms with E-state index < -0.39 is 5.82 Å². The third-order valence-corrected chi connectivity index (χ3v) is 6.58. The van der Waals surface area contributed by atoms with Gasteiger partial charge in [0.15, 0.2) is 11.5 Å². The van der Waals surface area contributed by atoms with Crippen LogP contribution in [0.2, 0.25) is 5.02 Å². The summed E-state index contributed by atoms with van der Waals surface area (Å²) in [5.74, 6) is 2.72. The molecule has 2 atom stereocenters. The summed E-state index contributed by atoms with van der Waals surface area (Å²) in [6.07, 6.45) is 2.39. The highest BCUT2D eigenvalue weighted by atomic mass is 35.5. The molecule has 7 nitrogen and oxygen atoms in total. The van der Waals surface area contributed by atoms with Crippen molar-refractivity contribution in [1.82, 2.24) is 14.9 Å². The minimum atomic E-state index is -0.472. The van der Waals surface area contributed by atoms with Gasteiger partial charge in [0.25, 0.3) is 0 Å². The number of aromatic nitrogens is 2. The van der Waals surface area contributed by atoms with E-state index in [9.17, 15) is 4.39 Å². The first kappa shape index (κ1) is 22.1. The van der Waals surface area contributed by atoms with E-state index in [2.05, 4.69) is 20.2 Å². The van der Waals surface area contributed by atoms with Gasteiger partial charge in [-0.15, -0.1) is 0 Å². The molecule has 2 fully saturated rings. The zero-order chi connectivity index (χ0) is 22.8. The Bertz CT molecular complexity index is 1140. The van der Waals surface area contributed by atoms with Crippen molar-refractivity contribution in [3.8, 4) is 11.5 Å². The molecule has 0 radical (unpaired) electrons. The van der Waals surface area contributed by atoms with Crippen LogP contribution >= 0.6 is 11.6 Å². The Morgan fingerprint density at radius 1 is 1.15 bits per heavy atom. The summed E-state index contributed by atoms with van der Waals surface area (Å²) in [5, 5.41) is 3.99. The molecular formula is C24H26ClFN4O3. The number of nitrogens with zero attached hydrogens (tertiary/aromatic N) is 3. The van der Waals surface area contributed by atoms with Gasteiger partial charge < -0.3 is 24.4 Å². The molecule has 2 aliphatic rings. The first-order valence-corrected chi connectivity index (χ1v) is 11.5. The van der Waals surface area contributed by atoms with Crippen LogP contribution in [0.5, 0.6) is 11.5 Å². The van der Waals surface area contributed by atoms with Gasteiger partial charge in [-0.25, -0.2) is 14.4 Å². The summed E-state index contributed by atoms with van der Waals surface area (Å²) in [4.78, 5) is 11.2. The number of benzene rings is 2. The first-order valence-electron chi connectivity index (χ1n) is 11.1. The minimum Gasteiger partial charge on any atom is -0.493 e. The van der Waals surface area contributed by atoms with Crippen LogP contribution in [0.3, 0.4) is 0 Å². The van der Waals surface area contributed by atoms with Crippen molar-refractivity contribution in [2.45, 2.75) is 6.42 Å². The maximum Gasteiger partial charge on any atom is 0.162 e. The van der Waals surface area contributed by atoms with Gasteiger partial charge >= 0.3 is 0 Å². The number of fused-ring (bicyclic) bond motifs is 2. The number of rotatable bonds is 8. The standard InChI is InChI=1S/C24H26ClFN4O3/c1-31-22-9-21-18(24(28-14-27-21)29-17-3-4-20(26)19(25)7-17)8-23(22)33-6-2-5-30-10-15-12-32-13-16(15)11-30/h3-4,7-9,14-16H,2,5-6,10-13H2,1H3,(H,27,28,29)/t15-,16+. The Kier molecular flexibility index (Phi) is 6.48. The van der Waals surface area contributed by atoms with E-state index in [-0.39, 0.29) is 5.02 Å². The van der Waals surface area contributed by atoms with Crippen molar-refractivity contribution in [1.29, 1.82) is 0 Å². The zero-order valence-electron chi connectivity index (χ0n) is 18.4. The average Bonchev–Trinajstić information content (AvgIpc) is 3.41. The van der Waals surface area contributed by atoms with E-state index in [4.69, 9.17) is 25.8 Å². The number of methoxy groups -OCH3 is 1. The molecule has 3 aromatic rings. The van der Waals surface area contributed by atoms with Crippen molar-refractivity contribution in [3.63, 3.8) is 0 Å². The number of hydrogen-bond donors (Lipinski definition) is 1. The van der Waals surface area contributed by atoms with Crippen LogP contribution in [-0.2, 0) is 4.74 Å². The predicted molar refractivity (Wildman–Crippen MR) is 125 cm³/mol. The number of anilines is 2. The lowest BCUT2D eigenvalue weighted by atomic mass is 10.0. The van der Waals surface area contributed by atoms with Crippen LogP contribution in [0.25, 0.3) is 10.9 Å². The molecule has 0 saturated carbocycles. The summed E-state index contributed by atoms with van der Waals surface area (Å²) >= 11 is 5.91. The molecule has 174 valence electrons. The van der Waals surface area contributed by atoms with E-state index in [1.807, 2.05) is 12.1 Å². The lowest BCUT2D eigenvalue weighted by Gasteiger charge is -2.17.